The number of amides is 1. The Morgan fingerprint density at radius 2 is 1.71 bits per heavy atom. The Kier molecular flexibility index (Phi) is 7.81. The van der Waals surface area contributed by atoms with Crippen LogP contribution in [0, 0.1) is 11.3 Å². The Balaban J connectivity index is 1.65. The maximum atomic E-state index is 12.9. The summed E-state index contributed by atoms with van der Waals surface area (Å²) in [7, 11) is 0. The number of anilines is 1. The molecule has 4 aromatic rings. The lowest BCUT2D eigenvalue weighted by atomic mass is 10.0. The van der Waals surface area contributed by atoms with Crippen molar-refractivity contribution in [2.24, 2.45) is 0 Å². The van der Waals surface area contributed by atoms with Crippen LogP contribution in [0.5, 0.6) is 11.5 Å². The third-order valence-electron chi connectivity index (χ3n) is 5.35. The molecule has 0 bridgehead atoms. The molecule has 1 N–H and O–H groups in total. The summed E-state index contributed by atoms with van der Waals surface area (Å²) >= 11 is 3.55. The average molecular weight is 527 g/mol. The molecule has 4 aromatic carbocycles. The molecule has 0 saturated heterocycles. The third-order valence-corrected chi connectivity index (χ3v) is 6.12. The lowest BCUT2D eigenvalue weighted by molar-refractivity contribution is -0.112. The van der Waals surface area contributed by atoms with Gasteiger partial charge in [-0.25, -0.2) is 0 Å². The Hall–Kier alpha value is -4.08. The van der Waals surface area contributed by atoms with Crippen molar-refractivity contribution < 1.29 is 14.3 Å². The minimum atomic E-state index is -0.499. The first kappa shape index (κ1) is 24.1. The molecule has 174 valence electrons. The second-order valence-electron chi connectivity index (χ2n) is 7.66. The first-order valence-electron chi connectivity index (χ1n) is 11.1. The van der Waals surface area contributed by atoms with Gasteiger partial charge in [-0.05, 0) is 60.2 Å². The van der Waals surface area contributed by atoms with Crippen LogP contribution in [0.2, 0.25) is 0 Å². The molecule has 0 aromatic heterocycles. The van der Waals surface area contributed by atoms with Gasteiger partial charge >= 0.3 is 0 Å². The van der Waals surface area contributed by atoms with Gasteiger partial charge in [0.25, 0.3) is 5.91 Å². The van der Waals surface area contributed by atoms with Crippen molar-refractivity contribution in [1.82, 2.24) is 0 Å². The van der Waals surface area contributed by atoms with Crippen LogP contribution in [0.15, 0.2) is 95.0 Å². The first-order chi connectivity index (χ1) is 17.1. The van der Waals surface area contributed by atoms with Gasteiger partial charge in [0, 0.05) is 21.3 Å². The predicted octanol–water partition coefficient (Wildman–Crippen LogP) is 7.13. The molecule has 0 spiro atoms. The molecule has 0 heterocycles. The quantitative estimate of drug-likeness (QED) is 0.196. The predicted molar refractivity (Wildman–Crippen MR) is 142 cm³/mol. The van der Waals surface area contributed by atoms with Crippen LogP contribution in [0.1, 0.15) is 18.1 Å². The van der Waals surface area contributed by atoms with E-state index < -0.39 is 5.91 Å². The molecule has 0 fully saturated rings. The van der Waals surface area contributed by atoms with Gasteiger partial charge in [-0.3, -0.25) is 4.79 Å². The number of rotatable bonds is 8. The number of hydrogen-bond acceptors (Lipinski definition) is 4. The van der Waals surface area contributed by atoms with Crippen LogP contribution in [-0.4, -0.2) is 12.5 Å². The van der Waals surface area contributed by atoms with Gasteiger partial charge in [0.15, 0.2) is 0 Å². The van der Waals surface area contributed by atoms with Gasteiger partial charge in [-0.15, -0.1) is 0 Å². The number of halogens is 1. The number of carbonyl (C=O) groups excluding carboxylic acids is 1. The smallest absolute Gasteiger partial charge is 0.266 e. The number of benzene rings is 4. The van der Waals surface area contributed by atoms with E-state index >= 15 is 0 Å². The second-order valence-corrected chi connectivity index (χ2v) is 8.51. The highest BCUT2D eigenvalue weighted by molar-refractivity contribution is 9.10. The standard InChI is InChI=1S/C29H23BrN2O3/c1-2-34-24-14-12-23(13-15-24)32-29(33)22(18-31)17-26-25-9-5-3-7-20(25)11-16-28(26)35-19-21-8-4-6-10-27(21)30/h3-17H,2,19H2,1H3,(H,32,33)/b22-17+. The van der Waals surface area contributed by atoms with Gasteiger partial charge in [0.1, 0.15) is 29.7 Å². The number of fused-ring (bicyclic) bond motifs is 1. The molecule has 0 aliphatic heterocycles. The van der Waals surface area contributed by atoms with E-state index in [4.69, 9.17) is 9.47 Å². The molecular formula is C29H23BrN2O3. The maximum Gasteiger partial charge on any atom is 0.266 e. The van der Waals surface area contributed by atoms with E-state index in [1.54, 1.807) is 30.3 Å². The highest BCUT2D eigenvalue weighted by Crippen LogP contribution is 2.31. The van der Waals surface area contributed by atoms with Gasteiger partial charge in [-0.1, -0.05) is 64.5 Å². The van der Waals surface area contributed by atoms with Gasteiger partial charge in [0.2, 0.25) is 0 Å². The summed E-state index contributed by atoms with van der Waals surface area (Å²) in [6.45, 7) is 2.80. The Morgan fingerprint density at radius 1 is 0.971 bits per heavy atom. The second kappa shape index (κ2) is 11.4. The molecule has 0 saturated carbocycles. The zero-order valence-corrected chi connectivity index (χ0v) is 20.7. The van der Waals surface area contributed by atoms with E-state index in [9.17, 15) is 10.1 Å². The minimum Gasteiger partial charge on any atom is -0.494 e. The van der Waals surface area contributed by atoms with Crippen molar-refractivity contribution in [3.8, 4) is 17.6 Å². The number of hydrogen-bond donors (Lipinski definition) is 1. The van der Waals surface area contributed by atoms with Crippen LogP contribution in [-0.2, 0) is 11.4 Å². The minimum absolute atomic E-state index is 0.0269. The van der Waals surface area contributed by atoms with Crippen LogP contribution in [0.4, 0.5) is 5.69 Å². The van der Waals surface area contributed by atoms with E-state index in [1.165, 1.54) is 0 Å². The maximum absolute atomic E-state index is 12.9. The fourth-order valence-corrected chi connectivity index (χ4v) is 4.01. The fraction of sp³-hybridized carbons (Fsp3) is 0.103. The molecule has 5 nitrogen and oxygen atoms in total. The van der Waals surface area contributed by atoms with Crippen molar-refractivity contribution in [1.29, 1.82) is 5.26 Å². The Bertz CT molecular complexity index is 1420. The van der Waals surface area contributed by atoms with Crippen molar-refractivity contribution in [3.63, 3.8) is 0 Å². The molecule has 0 radical (unpaired) electrons. The monoisotopic (exact) mass is 526 g/mol. The first-order valence-corrected chi connectivity index (χ1v) is 11.9. The highest BCUT2D eigenvalue weighted by atomic mass is 79.9. The molecule has 1 amide bonds. The van der Waals surface area contributed by atoms with Crippen LogP contribution < -0.4 is 14.8 Å². The van der Waals surface area contributed by atoms with Crippen LogP contribution >= 0.6 is 15.9 Å². The average Bonchev–Trinajstić information content (AvgIpc) is 2.88. The molecule has 0 atom stereocenters. The normalized spacial score (nSPS) is 11.1. The molecular weight excluding hydrogens is 504 g/mol. The Morgan fingerprint density at radius 3 is 2.46 bits per heavy atom. The zero-order chi connectivity index (χ0) is 24.6. The fourth-order valence-electron chi connectivity index (χ4n) is 3.61. The SMILES string of the molecule is CCOc1ccc(NC(=O)/C(C#N)=C/c2c(OCc3ccccc3Br)ccc3ccccc23)cc1. The van der Waals surface area contributed by atoms with Crippen molar-refractivity contribution >= 4 is 44.4 Å². The van der Waals surface area contributed by atoms with Gasteiger partial charge < -0.3 is 14.8 Å². The summed E-state index contributed by atoms with van der Waals surface area (Å²) < 4.78 is 12.5. The number of nitrogens with one attached hydrogen (secondary N) is 1. The molecule has 0 aliphatic carbocycles. The summed E-state index contributed by atoms with van der Waals surface area (Å²) in [5.41, 5.74) is 2.21. The topological polar surface area (TPSA) is 71.3 Å². The number of nitrogens with zero attached hydrogens (tertiary/aromatic N) is 1. The van der Waals surface area contributed by atoms with E-state index in [0.717, 1.165) is 20.8 Å². The Labute approximate surface area is 212 Å². The van der Waals surface area contributed by atoms with E-state index in [-0.39, 0.29) is 5.57 Å². The van der Waals surface area contributed by atoms with Crippen molar-refractivity contribution in [2.45, 2.75) is 13.5 Å². The zero-order valence-electron chi connectivity index (χ0n) is 19.1. The molecule has 0 aliphatic rings. The van der Waals surface area contributed by atoms with E-state index in [2.05, 4.69) is 21.2 Å². The lowest BCUT2D eigenvalue weighted by Crippen LogP contribution is -2.13. The van der Waals surface area contributed by atoms with Gasteiger partial charge in [0.05, 0.1) is 6.61 Å². The van der Waals surface area contributed by atoms with Crippen molar-refractivity contribution in [2.75, 3.05) is 11.9 Å². The molecule has 35 heavy (non-hydrogen) atoms. The summed E-state index contributed by atoms with van der Waals surface area (Å²) in [5.74, 6) is 0.798. The van der Waals surface area contributed by atoms with E-state index in [1.807, 2.05) is 73.7 Å². The summed E-state index contributed by atoms with van der Waals surface area (Å²) in [4.78, 5) is 12.9. The third kappa shape index (κ3) is 5.89. The van der Waals surface area contributed by atoms with Crippen LogP contribution in [0.3, 0.4) is 0 Å². The highest BCUT2D eigenvalue weighted by Gasteiger charge is 2.14. The lowest BCUT2D eigenvalue weighted by Gasteiger charge is -2.13. The molecule has 4 rings (SSSR count). The van der Waals surface area contributed by atoms with E-state index in [0.29, 0.717) is 36.0 Å². The summed E-state index contributed by atoms with van der Waals surface area (Å²) in [6, 6.07) is 28.5. The largest absolute Gasteiger partial charge is 0.494 e. The van der Waals surface area contributed by atoms with Gasteiger partial charge in [-0.2, -0.15) is 5.26 Å². The summed E-state index contributed by atoms with van der Waals surface area (Å²) in [5, 5.41) is 14.5. The molecule has 0 unspecified atom stereocenters. The number of ether oxygens (including phenoxy) is 2. The van der Waals surface area contributed by atoms with Crippen LogP contribution in [0.25, 0.3) is 16.8 Å². The number of carbonyl (C=O) groups is 1. The summed E-state index contributed by atoms with van der Waals surface area (Å²) in [6.07, 6.45) is 1.58. The molecule has 6 heteroatoms. The van der Waals surface area contributed by atoms with Crippen molar-refractivity contribution in [3.05, 3.63) is 106 Å². The number of nitriles is 1.